The van der Waals surface area contributed by atoms with E-state index < -0.39 is 28.0 Å². The van der Waals surface area contributed by atoms with Crippen molar-refractivity contribution in [1.82, 2.24) is 9.36 Å². The summed E-state index contributed by atoms with van der Waals surface area (Å²) in [5.41, 5.74) is 0.991. The standard InChI is InChI=1S/C21H23ClN4O5S/c1-14-20(21(28)26(24(14)2)15-8-6-5-7-9-15)23-19(27)13-25(32(4,29)30)16-10-11-18(31-3)17(22)12-16/h5-12H,13H2,1-4H3,(H,23,27). The molecule has 0 fully saturated rings. The molecule has 2 aromatic carbocycles. The topological polar surface area (TPSA) is 103 Å². The number of ether oxygens (including phenoxy) is 1. The van der Waals surface area contributed by atoms with Crippen molar-refractivity contribution >= 4 is 38.9 Å². The first-order valence-electron chi connectivity index (χ1n) is 9.49. The molecule has 11 heteroatoms. The van der Waals surface area contributed by atoms with E-state index in [2.05, 4.69) is 5.32 Å². The fourth-order valence-corrected chi connectivity index (χ4v) is 4.33. The molecule has 0 aliphatic carbocycles. The lowest BCUT2D eigenvalue weighted by molar-refractivity contribution is -0.114. The number of anilines is 2. The minimum absolute atomic E-state index is 0.0718. The smallest absolute Gasteiger partial charge is 0.295 e. The molecule has 3 aromatic rings. The van der Waals surface area contributed by atoms with Gasteiger partial charge in [-0.05, 0) is 37.3 Å². The zero-order valence-electron chi connectivity index (χ0n) is 18.0. The molecule has 0 aliphatic heterocycles. The van der Waals surface area contributed by atoms with Crippen molar-refractivity contribution in [3.05, 3.63) is 69.6 Å². The van der Waals surface area contributed by atoms with Crippen LogP contribution >= 0.6 is 11.6 Å². The molecule has 0 spiro atoms. The van der Waals surface area contributed by atoms with Crippen LogP contribution in [0.1, 0.15) is 5.69 Å². The van der Waals surface area contributed by atoms with Crippen molar-refractivity contribution in [1.29, 1.82) is 0 Å². The normalized spacial score (nSPS) is 11.3. The van der Waals surface area contributed by atoms with E-state index in [-0.39, 0.29) is 16.4 Å². The molecule has 170 valence electrons. The second kappa shape index (κ2) is 9.09. The van der Waals surface area contributed by atoms with Crippen LogP contribution in [0.5, 0.6) is 5.75 Å². The van der Waals surface area contributed by atoms with Gasteiger partial charge < -0.3 is 10.1 Å². The Morgan fingerprint density at radius 3 is 2.41 bits per heavy atom. The van der Waals surface area contributed by atoms with Crippen LogP contribution in [0.25, 0.3) is 5.69 Å². The van der Waals surface area contributed by atoms with Crippen LogP contribution in [-0.4, -0.2) is 43.6 Å². The zero-order valence-corrected chi connectivity index (χ0v) is 19.6. The second-order valence-corrected chi connectivity index (χ2v) is 9.39. The number of sulfonamides is 1. The van der Waals surface area contributed by atoms with Crippen molar-refractivity contribution in [3.8, 4) is 11.4 Å². The van der Waals surface area contributed by atoms with Gasteiger partial charge >= 0.3 is 0 Å². The molecule has 3 rings (SSSR count). The fourth-order valence-electron chi connectivity index (χ4n) is 3.23. The summed E-state index contributed by atoms with van der Waals surface area (Å²) in [7, 11) is -0.690. The first kappa shape index (κ1) is 23.4. The Morgan fingerprint density at radius 2 is 1.84 bits per heavy atom. The quantitative estimate of drug-likeness (QED) is 0.562. The van der Waals surface area contributed by atoms with Crippen LogP contribution in [0.3, 0.4) is 0 Å². The molecule has 0 aliphatic rings. The predicted octanol–water partition coefficient (Wildman–Crippen LogP) is 2.55. The fraction of sp³-hybridized carbons (Fsp3) is 0.238. The van der Waals surface area contributed by atoms with Gasteiger partial charge in [-0.3, -0.25) is 18.6 Å². The average Bonchev–Trinajstić information content (AvgIpc) is 2.95. The third-order valence-electron chi connectivity index (χ3n) is 4.93. The van der Waals surface area contributed by atoms with E-state index in [1.54, 1.807) is 42.9 Å². The number of nitrogens with one attached hydrogen (secondary N) is 1. The number of methoxy groups -OCH3 is 1. The summed E-state index contributed by atoms with van der Waals surface area (Å²) >= 11 is 6.12. The number of amides is 1. The third-order valence-corrected chi connectivity index (χ3v) is 6.37. The largest absolute Gasteiger partial charge is 0.495 e. The summed E-state index contributed by atoms with van der Waals surface area (Å²) < 4.78 is 33.8. The summed E-state index contributed by atoms with van der Waals surface area (Å²) in [4.78, 5) is 25.8. The summed E-state index contributed by atoms with van der Waals surface area (Å²) in [6.45, 7) is 1.15. The molecule has 0 atom stereocenters. The number of hydrogen-bond donors (Lipinski definition) is 1. The van der Waals surface area contributed by atoms with Crippen molar-refractivity contribution in [2.45, 2.75) is 6.92 Å². The molecule has 0 saturated heterocycles. The summed E-state index contributed by atoms with van der Waals surface area (Å²) in [5.74, 6) is -0.303. The maximum Gasteiger partial charge on any atom is 0.295 e. The zero-order chi connectivity index (χ0) is 23.6. The van der Waals surface area contributed by atoms with Gasteiger partial charge in [0.15, 0.2) is 0 Å². The number of carbonyl (C=O) groups is 1. The lowest BCUT2D eigenvalue weighted by atomic mass is 10.3. The molecule has 0 saturated carbocycles. The van der Waals surface area contributed by atoms with Crippen LogP contribution < -0.4 is 19.9 Å². The van der Waals surface area contributed by atoms with Gasteiger partial charge in [0.05, 0.1) is 35.5 Å². The van der Waals surface area contributed by atoms with Crippen LogP contribution in [0, 0.1) is 6.92 Å². The van der Waals surface area contributed by atoms with Gasteiger partial charge in [0.25, 0.3) is 5.56 Å². The van der Waals surface area contributed by atoms with E-state index in [1.165, 1.54) is 30.0 Å². The number of benzene rings is 2. The first-order valence-corrected chi connectivity index (χ1v) is 11.7. The third kappa shape index (κ3) is 4.66. The van der Waals surface area contributed by atoms with E-state index in [0.717, 1.165) is 10.6 Å². The minimum atomic E-state index is -3.82. The number of aromatic nitrogens is 2. The Hall–Kier alpha value is -3.24. The van der Waals surface area contributed by atoms with E-state index in [0.29, 0.717) is 17.1 Å². The van der Waals surface area contributed by atoms with Crippen molar-refractivity contribution < 1.29 is 17.9 Å². The highest BCUT2D eigenvalue weighted by molar-refractivity contribution is 7.92. The van der Waals surface area contributed by atoms with E-state index in [9.17, 15) is 18.0 Å². The van der Waals surface area contributed by atoms with Crippen LogP contribution in [0.2, 0.25) is 5.02 Å². The molecular weight excluding hydrogens is 456 g/mol. The molecule has 1 N–H and O–H groups in total. The van der Waals surface area contributed by atoms with Gasteiger partial charge in [-0.25, -0.2) is 13.1 Å². The molecule has 0 unspecified atom stereocenters. The molecular formula is C21H23ClN4O5S. The maximum absolute atomic E-state index is 13.0. The molecule has 1 amide bonds. The van der Waals surface area contributed by atoms with Gasteiger partial charge in [0, 0.05) is 7.05 Å². The maximum atomic E-state index is 13.0. The van der Waals surface area contributed by atoms with E-state index in [1.807, 2.05) is 6.07 Å². The molecule has 1 heterocycles. The Kier molecular flexibility index (Phi) is 6.65. The van der Waals surface area contributed by atoms with Gasteiger partial charge in [0.1, 0.15) is 18.0 Å². The second-order valence-electron chi connectivity index (χ2n) is 7.07. The van der Waals surface area contributed by atoms with Gasteiger partial charge in [0.2, 0.25) is 15.9 Å². The minimum Gasteiger partial charge on any atom is -0.495 e. The van der Waals surface area contributed by atoms with Crippen molar-refractivity contribution in [2.75, 3.05) is 29.5 Å². The highest BCUT2D eigenvalue weighted by Crippen LogP contribution is 2.30. The number of hydrogen-bond acceptors (Lipinski definition) is 5. The summed E-state index contributed by atoms with van der Waals surface area (Å²) in [6.07, 6.45) is 0.981. The highest BCUT2D eigenvalue weighted by atomic mass is 35.5. The predicted molar refractivity (Wildman–Crippen MR) is 125 cm³/mol. The van der Waals surface area contributed by atoms with E-state index >= 15 is 0 Å². The van der Waals surface area contributed by atoms with Crippen LogP contribution in [0.15, 0.2) is 53.3 Å². The summed E-state index contributed by atoms with van der Waals surface area (Å²) in [6, 6.07) is 13.3. The average molecular weight is 479 g/mol. The number of carbonyl (C=O) groups excluding carboxylic acids is 1. The Morgan fingerprint density at radius 1 is 1.19 bits per heavy atom. The lowest BCUT2D eigenvalue weighted by Crippen LogP contribution is -2.38. The molecule has 0 bridgehead atoms. The van der Waals surface area contributed by atoms with Crippen molar-refractivity contribution in [2.24, 2.45) is 7.05 Å². The lowest BCUT2D eigenvalue weighted by Gasteiger charge is -2.22. The van der Waals surface area contributed by atoms with E-state index in [4.69, 9.17) is 16.3 Å². The molecule has 1 aromatic heterocycles. The van der Waals surface area contributed by atoms with Gasteiger partial charge in [-0.1, -0.05) is 29.8 Å². The molecule has 9 nitrogen and oxygen atoms in total. The van der Waals surface area contributed by atoms with Gasteiger partial charge in [-0.15, -0.1) is 0 Å². The molecule has 0 radical (unpaired) electrons. The number of rotatable bonds is 7. The Bertz CT molecular complexity index is 1320. The number of halogens is 1. The van der Waals surface area contributed by atoms with Crippen molar-refractivity contribution in [3.63, 3.8) is 0 Å². The first-order chi connectivity index (χ1) is 15.0. The van der Waals surface area contributed by atoms with Crippen LogP contribution in [0.4, 0.5) is 11.4 Å². The SMILES string of the molecule is COc1ccc(N(CC(=O)Nc2c(C)n(C)n(-c3ccccc3)c2=O)S(C)(=O)=O)cc1Cl. The monoisotopic (exact) mass is 478 g/mol. The van der Waals surface area contributed by atoms with Crippen LogP contribution in [-0.2, 0) is 21.9 Å². The number of para-hydroxylation sites is 1. The Labute approximate surface area is 190 Å². The van der Waals surface area contributed by atoms with Gasteiger partial charge in [-0.2, -0.15) is 0 Å². The number of nitrogens with zero attached hydrogens (tertiary/aromatic N) is 3. The molecule has 32 heavy (non-hydrogen) atoms. The Balaban J connectivity index is 1.91. The summed E-state index contributed by atoms with van der Waals surface area (Å²) in [5, 5.41) is 2.76. The highest BCUT2D eigenvalue weighted by Gasteiger charge is 2.24.